The fourth-order valence-electron chi connectivity index (χ4n) is 5.17. The first kappa shape index (κ1) is 33.5. The van der Waals surface area contributed by atoms with E-state index in [9.17, 15) is 4.79 Å². The van der Waals surface area contributed by atoms with Gasteiger partial charge in [0, 0.05) is 28.0 Å². The molecule has 8 heteroatoms. The molecule has 0 aliphatic heterocycles. The number of carbonyl (C=O) groups is 1. The van der Waals surface area contributed by atoms with Crippen molar-refractivity contribution >= 4 is 44.5 Å². The lowest BCUT2D eigenvalue weighted by molar-refractivity contribution is -0.882. The van der Waals surface area contributed by atoms with Crippen molar-refractivity contribution in [2.75, 3.05) is 40.3 Å². The minimum Gasteiger partial charge on any atom is -0.493 e. The van der Waals surface area contributed by atoms with E-state index < -0.39 is 0 Å². The van der Waals surface area contributed by atoms with E-state index in [1.807, 2.05) is 42.5 Å². The summed E-state index contributed by atoms with van der Waals surface area (Å²) in [5.41, 5.74) is 6.43. The maximum atomic E-state index is 12.3. The number of benzene rings is 3. The minimum atomic E-state index is 0.0965. The van der Waals surface area contributed by atoms with Gasteiger partial charge in [0.2, 0.25) is 5.89 Å². The number of oxazole rings is 1. The summed E-state index contributed by atoms with van der Waals surface area (Å²) in [7, 11) is 4.16. The molecule has 1 N–H and O–H groups in total. The number of fused-ring (bicyclic) bond motifs is 1. The van der Waals surface area contributed by atoms with E-state index in [0.717, 1.165) is 75.9 Å². The van der Waals surface area contributed by atoms with E-state index in [-0.39, 0.29) is 5.91 Å². The highest BCUT2D eigenvalue weighted by atomic mass is 79.9. The van der Waals surface area contributed by atoms with Crippen molar-refractivity contribution in [2.45, 2.75) is 39.0 Å². The van der Waals surface area contributed by atoms with Crippen LogP contribution >= 0.6 is 27.5 Å². The molecule has 0 aliphatic rings. The third-order valence-corrected chi connectivity index (χ3v) is 8.31. The number of allylic oxidation sites excluding steroid dienone is 2. The van der Waals surface area contributed by atoms with E-state index in [2.05, 4.69) is 73.6 Å². The van der Waals surface area contributed by atoms with E-state index in [4.69, 9.17) is 25.7 Å². The van der Waals surface area contributed by atoms with Gasteiger partial charge in [-0.3, -0.25) is 4.79 Å². The van der Waals surface area contributed by atoms with Crippen molar-refractivity contribution in [2.24, 2.45) is 0 Å². The van der Waals surface area contributed by atoms with Gasteiger partial charge in [0.25, 0.3) is 5.91 Å². The third kappa shape index (κ3) is 8.84. The second-order valence-corrected chi connectivity index (χ2v) is 13.0. The average molecular weight is 680 g/mol. The van der Waals surface area contributed by atoms with Crippen molar-refractivity contribution in [3.8, 4) is 28.3 Å². The Bertz CT molecular complexity index is 1630. The summed E-state index contributed by atoms with van der Waals surface area (Å²) in [5.74, 6) is 1.45. The first-order chi connectivity index (χ1) is 21.1. The number of likely N-dealkylation sites (N-methyl/N-ethyl adjacent to an activating group) is 1. The van der Waals surface area contributed by atoms with Crippen LogP contribution in [0.15, 0.2) is 82.7 Å². The lowest BCUT2D eigenvalue weighted by Gasteiger charge is -2.29. The van der Waals surface area contributed by atoms with Crippen LogP contribution in [0.4, 0.5) is 0 Å². The number of halogens is 2. The van der Waals surface area contributed by atoms with Crippen molar-refractivity contribution < 1.29 is 18.4 Å². The zero-order valence-corrected chi connectivity index (χ0v) is 28.3. The summed E-state index contributed by atoms with van der Waals surface area (Å²) in [6, 6.07) is 16.0. The topological polar surface area (TPSA) is 64.4 Å². The van der Waals surface area contributed by atoms with Crippen molar-refractivity contribution in [1.82, 2.24) is 10.3 Å². The second-order valence-electron chi connectivity index (χ2n) is 11.7. The molecule has 232 valence electrons. The zero-order valence-electron chi connectivity index (χ0n) is 25.9. The van der Waals surface area contributed by atoms with Crippen LogP contribution in [-0.4, -0.2) is 55.7 Å². The molecule has 0 unspecified atom stereocenters. The highest BCUT2D eigenvalue weighted by Gasteiger charge is 2.20. The van der Waals surface area contributed by atoms with Crippen LogP contribution < -0.4 is 10.1 Å². The van der Waals surface area contributed by atoms with E-state index in [0.29, 0.717) is 47.0 Å². The van der Waals surface area contributed by atoms with E-state index >= 15 is 0 Å². The molecule has 6 nitrogen and oxygen atoms in total. The van der Waals surface area contributed by atoms with E-state index in [1.54, 1.807) is 0 Å². The summed E-state index contributed by atoms with van der Waals surface area (Å²) in [5, 5.41) is 3.65. The Morgan fingerprint density at radius 2 is 1.86 bits per heavy atom. The molecule has 0 spiro atoms. The molecular weight excluding hydrogens is 638 g/mol. The quantitative estimate of drug-likeness (QED) is 0.0731. The predicted molar refractivity (Wildman–Crippen MR) is 185 cm³/mol. The summed E-state index contributed by atoms with van der Waals surface area (Å²) >= 11 is 9.77. The lowest BCUT2D eigenvalue weighted by atomic mass is 9.97. The van der Waals surface area contributed by atoms with Gasteiger partial charge in [-0.1, -0.05) is 43.2 Å². The highest BCUT2D eigenvalue weighted by molar-refractivity contribution is 9.10. The van der Waals surface area contributed by atoms with Crippen LogP contribution in [0.2, 0.25) is 5.02 Å². The number of nitrogens with one attached hydrogen (secondary N) is 1. The molecule has 0 bridgehead atoms. The summed E-state index contributed by atoms with van der Waals surface area (Å²) in [6.45, 7) is 12.6. The number of unbranched alkanes of at least 4 members (excludes halogenated alkanes) is 1. The number of carbonyl (C=O) groups excluding carboxylic acids is 1. The van der Waals surface area contributed by atoms with Crippen molar-refractivity contribution in [1.29, 1.82) is 0 Å². The number of hydrogen-bond donors (Lipinski definition) is 1. The summed E-state index contributed by atoms with van der Waals surface area (Å²) < 4.78 is 14.1. The minimum absolute atomic E-state index is 0.0965. The van der Waals surface area contributed by atoms with Gasteiger partial charge >= 0.3 is 0 Å². The fraction of sp³-hybridized carbons (Fsp3) is 0.333. The average Bonchev–Trinajstić information content (AvgIpc) is 3.39. The molecule has 0 saturated carbocycles. The second kappa shape index (κ2) is 15.6. The number of ether oxygens (including phenoxy) is 1. The van der Waals surface area contributed by atoms with Gasteiger partial charge in [-0.15, -0.1) is 13.2 Å². The van der Waals surface area contributed by atoms with Crippen LogP contribution in [-0.2, 0) is 17.6 Å². The van der Waals surface area contributed by atoms with Crippen LogP contribution in [0.25, 0.3) is 33.7 Å². The van der Waals surface area contributed by atoms with Gasteiger partial charge in [-0.05, 0) is 94.3 Å². The molecule has 0 radical (unpaired) electrons. The van der Waals surface area contributed by atoms with Crippen LogP contribution in [0.1, 0.15) is 37.3 Å². The Morgan fingerprint density at radius 1 is 1.07 bits per heavy atom. The predicted octanol–water partition coefficient (Wildman–Crippen LogP) is 8.80. The molecule has 3 aromatic carbocycles. The van der Waals surface area contributed by atoms with Gasteiger partial charge in [0.1, 0.15) is 11.3 Å². The molecule has 44 heavy (non-hydrogen) atoms. The zero-order chi connectivity index (χ0) is 31.7. The molecule has 0 fully saturated rings. The first-order valence-electron chi connectivity index (χ1n) is 15.1. The molecule has 0 saturated heterocycles. The van der Waals surface area contributed by atoms with Crippen LogP contribution in [0, 0.1) is 0 Å². The number of amides is 1. The molecular formula is C36H42BrClN3O3+. The third-order valence-electron chi connectivity index (χ3n) is 7.42. The number of nitrogens with zero attached hydrogens (tertiary/aromatic N) is 2. The normalized spacial score (nSPS) is 11.5. The number of aromatic nitrogens is 1. The SMILES string of the molecule is C=CCc1cc(-c2ccc(OCCC[N+](C)(C)CC(=O)NCCCC)c(CC=C)c2)c2oc(-c3ccc(Cl)cc3Br)nc2c1. The van der Waals surface area contributed by atoms with Gasteiger partial charge in [-0.25, -0.2) is 4.98 Å². The van der Waals surface area contributed by atoms with E-state index in [1.165, 1.54) is 0 Å². The van der Waals surface area contributed by atoms with Gasteiger partial charge in [0.15, 0.2) is 12.1 Å². The summed E-state index contributed by atoms with van der Waals surface area (Å²) in [4.78, 5) is 17.1. The monoisotopic (exact) mass is 678 g/mol. The molecule has 1 amide bonds. The lowest BCUT2D eigenvalue weighted by Crippen LogP contribution is -2.48. The number of quaternary nitrogens is 1. The molecule has 4 rings (SSSR count). The highest BCUT2D eigenvalue weighted by Crippen LogP contribution is 2.38. The van der Waals surface area contributed by atoms with Crippen LogP contribution in [0.3, 0.4) is 0 Å². The van der Waals surface area contributed by atoms with Crippen molar-refractivity contribution in [3.05, 3.63) is 94.5 Å². The molecule has 0 atom stereocenters. The smallest absolute Gasteiger partial charge is 0.275 e. The standard InChI is InChI=1S/C36H41BrClN3O3/c1-6-9-17-39-34(42)24-41(4,5)18-10-19-43-33-16-13-26(22-27(33)12-8-3)30-20-25(11-7-2)21-32-35(30)44-36(40-32)29-15-14-28(38)23-31(29)37/h7-8,13-16,20-23H,2-3,6,9-12,17-19,24H2,1,4-5H3/p+1. The maximum Gasteiger partial charge on any atom is 0.275 e. The molecule has 4 aromatic rings. The first-order valence-corrected chi connectivity index (χ1v) is 16.3. The molecule has 1 aromatic heterocycles. The van der Waals surface area contributed by atoms with Crippen LogP contribution in [0.5, 0.6) is 5.75 Å². The Morgan fingerprint density at radius 3 is 2.59 bits per heavy atom. The van der Waals surface area contributed by atoms with Gasteiger partial charge in [-0.2, -0.15) is 0 Å². The Hall–Kier alpha value is -3.39. The largest absolute Gasteiger partial charge is 0.493 e. The number of hydrogen-bond acceptors (Lipinski definition) is 4. The molecule has 0 aliphatic carbocycles. The fourth-order valence-corrected chi connectivity index (χ4v) is 6.03. The Kier molecular flexibility index (Phi) is 11.8. The van der Waals surface area contributed by atoms with Gasteiger partial charge < -0.3 is 19.0 Å². The van der Waals surface area contributed by atoms with Crippen molar-refractivity contribution in [3.63, 3.8) is 0 Å². The molecule has 1 heterocycles. The van der Waals surface area contributed by atoms with Gasteiger partial charge in [0.05, 0.1) is 32.8 Å². The number of rotatable bonds is 16. The maximum absolute atomic E-state index is 12.3. The Labute approximate surface area is 274 Å². The summed E-state index contributed by atoms with van der Waals surface area (Å²) in [6.07, 6.45) is 8.06. The Balaban J connectivity index is 1.55.